The Balaban J connectivity index is 2.01. The molecule has 2 fully saturated rings. The topological polar surface area (TPSA) is 79.6 Å². The number of morpholine rings is 1. The quantitative estimate of drug-likeness (QED) is 0.813. The molecule has 0 aromatic heterocycles. The fraction of sp³-hybridized carbons (Fsp3) is 0.533. The van der Waals surface area contributed by atoms with Crippen LogP contribution in [0.5, 0.6) is 0 Å². The maximum absolute atomic E-state index is 13.0. The fourth-order valence-electron chi connectivity index (χ4n) is 3.05. The van der Waals surface area contributed by atoms with Crippen molar-refractivity contribution in [3.63, 3.8) is 0 Å². The molecule has 0 bridgehead atoms. The molecule has 0 radical (unpaired) electrons. The maximum Gasteiger partial charge on any atom is 0.243 e. The molecule has 0 saturated carbocycles. The maximum atomic E-state index is 13.0. The van der Waals surface area contributed by atoms with E-state index in [0.29, 0.717) is 50.5 Å². The Kier molecular flexibility index (Phi) is 3.95. The van der Waals surface area contributed by atoms with Gasteiger partial charge in [0, 0.05) is 13.2 Å². The number of nitrogens with zero attached hydrogens (tertiary/aromatic N) is 2. The zero-order chi connectivity index (χ0) is 15.8. The highest BCUT2D eigenvalue weighted by Gasteiger charge is 2.49. The van der Waals surface area contributed by atoms with E-state index in [1.165, 1.54) is 10.4 Å². The third-order valence-electron chi connectivity index (χ3n) is 4.33. The lowest BCUT2D eigenvalue weighted by atomic mass is 9.99. The van der Waals surface area contributed by atoms with Crippen LogP contribution in [0.15, 0.2) is 23.1 Å². The lowest BCUT2D eigenvalue weighted by Crippen LogP contribution is -2.59. The van der Waals surface area contributed by atoms with Crippen molar-refractivity contribution < 1.29 is 17.9 Å². The first-order chi connectivity index (χ1) is 10.5. The van der Waals surface area contributed by atoms with Crippen LogP contribution in [0.25, 0.3) is 0 Å². The van der Waals surface area contributed by atoms with E-state index in [1.807, 2.05) is 0 Å². The summed E-state index contributed by atoms with van der Waals surface area (Å²) in [6.45, 7) is 3.72. The van der Waals surface area contributed by atoms with Crippen LogP contribution < -0.4 is 0 Å². The number of sulfonamides is 1. The standard InChI is InChI=1S/C15H18N2O4S/c1-12-8-14(3-2-13(12)9-16)22(18,19)17-5-7-21-11-15(17)4-6-20-10-15/h2-3,8H,4-7,10-11H2,1H3/t15-/m0/s1. The monoisotopic (exact) mass is 322 g/mol. The Bertz CT molecular complexity index is 718. The number of hydrogen-bond acceptors (Lipinski definition) is 5. The molecule has 22 heavy (non-hydrogen) atoms. The predicted octanol–water partition coefficient (Wildman–Crippen LogP) is 1.05. The van der Waals surface area contributed by atoms with Gasteiger partial charge in [-0.1, -0.05) is 0 Å². The van der Waals surface area contributed by atoms with Gasteiger partial charge >= 0.3 is 0 Å². The average Bonchev–Trinajstić information content (AvgIpc) is 2.96. The first-order valence-corrected chi connectivity index (χ1v) is 8.63. The van der Waals surface area contributed by atoms with E-state index in [1.54, 1.807) is 19.1 Å². The third-order valence-corrected chi connectivity index (χ3v) is 6.33. The Morgan fingerprint density at radius 3 is 2.59 bits per heavy atom. The molecule has 2 aliphatic rings. The summed E-state index contributed by atoms with van der Waals surface area (Å²) in [5, 5.41) is 8.99. The lowest BCUT2D eigenvalue weighted by molar-refractivity contribution is -0.0293. The number of rotatable bonds is 2. The van der Waals surface area contributed by atoms with Gasteiger partial charge in [0.05, 0.1) is 41.9 Å². The highest BCUT2D eigenvalue weighted by molar-refractivity contribution is 7.89. The average molecular weight is 322 g/mol. The lowest BCUT2D eigenvalue weighted by Gasteiger charge is -2.42. The first-order valence-electron chi connectivity index (χ1n) is 7.19. The largest absolute Gasteiger partial charge is 0.379 e. The van der Waals surface area contributed by atoms with Gasteiger partial charge < -0.3 is 9.47 Å². The summed E-state index contributed by atoms with van der Waals surface area (Å²) in [6.07, 6.45) is 0.640. The predicted molar refractivity (Wildman–Crippen MR) is 78.8 cm³/mol. The zero-order valence-corrected chi connectivity index (χ0v) is 13.2. The van der Waals surface area contributed by atoms with Gasteiger partial charge in [0.2, 0.25) is 10.0 Å². The van der Waals surface area contributed by atoms with Gasteiger partial charge in [0.15, 0.2) is 0 Å². The molecule has 0 unspecified atom stereocenters. The Morgan fingerprint density at radius 2 is 2.00 bits per heavy atom. The summed E-state index contributed by atoms with van der Waals surface area (Å²) in [5.41, 5.74) is 0.548. The van der Waals surface area contributed by atoms with E-state index in [4.69, 9.17) is 14.7 Å². The van der Waals surface area contributed by atoms with E-state index in [2.05, 4.69) is 6.07 Å². The summed E-state index contributed by atoms with van der Waals surface area (Å²) < 4.78 is 38.5. The minimum absolute atomic E-state index is 0.220. The molecule has 1 aromatic carbocycles. The summed E-state index contributed by atoms with van der Waals surface area (Å²) in [7, 11) is -3.64. The highest BCUT2D eigenvalue weighted by Crippen LogP contribution is 2.34. The molecule has 2 heterocycles. The molecule has 6 nitrogen and oxygen atoms in total. The molecule has 0 aliphatic carbocycles. The smallest absolute Gasteiger partial charge is 0.243 e. The van der Waals surface area contributed by atoms with Crippen molar-refractivity contribution >= 4 is 10.0 Å². The second kappa shape index (κ2) is 5.63. The van der Waals surface area contributed by atoms with Crippen molar-refractivity contribution in [3.8, 4) is 6.07 Å². The molecular formula is C15H18N2O4S. The van der Waals surface area contributed by atoms with Crippen molar-refractivity contribution in [2.24, 2.45) is 0 Å². The molecule has 0 N–H and O–H groups in total. The van der Waals surface area contributed by atoms with Gasteiger partial charge in [-0.05, 0) is 37.1 Å². The summed E-state index contributed by atoms with van der Waals surface area (Å²) in [6, 6.07) is 6.67. The molecule has 2 saturated heterocycles. The van der Waals surface area contributed by atoms with E-state index < -0.39 is 15.6 Å². The minimum Gasteiger partial charge on any atom is -0.379 e. The molecule has 0 amide bonds. The molecule has 2 aliphatic heterocycles. The van der Waals surface area contributed by atoms with E-state index in [0.717, 1.165) is 0 Å². The molecule has 1 aromatic rings. The molecule has 1 spiro atoms. The summed E-state index contributed by atoms with van der Waals surface area (Å²) >= 11 is 0. The van der Waals surface area contributed by atoms with Gasteiger partial charge in [0.25, 0.3) is 0 Å². The van der Waals surface area contributed by atoms with Crippen molar-refractivity contribution in [3.05, 3.63) is 29.3 Å². The van der Waals surface area contributed by atoms with Gasteiger partial charge in [-0.2, -0.15) is 9.57 Å². The van der Waals surface area contributed by atoms with Crippen LogP contribution in [-0.2, 0) is 19.5 Å². The van der Waals surface area contributed by atoms with Crippen LogP contribution in [0.1, 0.15) is 17.5 Å². The van der Waals surface area contributed by atoms with E-state index >= 15 is 0 Å². The van der Waals surface area contributed by atoms with E-state index in [9.17, 15) is 8.42 Å². The molecule has 7 heteroatoms. The Morgan fingerprint density at radius 1 is 1.27 bits per heavy atom. The van der Waals surface area contributed by atoms with Gasteiger partial charge in [-0.15, -0.1) is 0 Å². The number of nitriles is 1. The fourth-order valence-corrected chi connectivity index (χ4v) is 4.89. The second-order valence-corrected chi connectivity index (χ2v) is 7.61. The van der Waals surface area contributed by atoms with Gasteiger partial charge in [-0.25, -0.2) is 8.42 Å². The molecule has 1 atom stereocenters. The van der Waals surface area contributed by atoms with Crippen LogP contribution >= 0.6 is 0 Å². The normalized spacial score (nSPS) is 26.2. The van der Waals surface area contributed by atoms with Gasteiger partial charge in [0.1, 0.15) is 0 Å². The van der Waals surface area contributed by atoms with Crippen LogP contribution in [0.3, 0.4) is 0 Å². The highest BCUT2D eigenvalue weighted by atomic mass is 32.2. The van der Waals surface area contributed by atoms with E-state index in [-0.39, 0.29) is 4.90 Å². The van der Waals surface area contributed by atoms with Crippen LogP contribution in [0.2, 0.25) is 0 Å². The number of hydrogen-bond donors (Lipinski definition) is 0. The zero-order valence-electron chi connectivity index (χ0n) is 12.4. The second-order valence-electron chi connectivity index (χ2n) is 5.75. The summed E-state index contributed by atoms with van der Waals surface area (Å²) in [5.74, 6) is 0. The molecule has 3 rings (SSSR count). The third kappa shape index (κ3) is 2.42. The van der Waals surface area contributed by atoms with Crippen molar-refractivity contribution in [1.29, 1.82) is 5.26 Å². The van der Waals surface area contributed by atoms with Crippen LogP contribution in [0.4, 0.5) is 0 Å². The number of aryl methyl sites for hydroxylation is 1. The van der Waals surface area contributed by atoms with Crippen molar-refractivity contribution in [2.75, 3.05) is 33.0 Å². The molecular weight excluding hydrogens is 304 g/mol. The van der Waals surface area contributed by atoms with Crippen LogP contribution in [-0.4, -0.2) is 51.2 Å². The number of ether oxygens (including phenoxy) is 2. The Hall–Kier alpha value is -1.46. The summed E-state index contributed by atoms with van der Waals surface area (Å²) in [4.78, 5) is 0.220. The minimum atomic E-state index is -3.64. The number of benzene rings is 1. The Labute approximate surface area is 130 Å². The first kappa shape index (κ1) is 15.4. The van der Waals surface area contributed by atoms with Gasteiger partial charge in [-0.3, -0.25) is 0 Å². The molecule has 118 valence electrons. The SMILES string of the molecule is Cc1cc(S(=O)(=O)N2CCOC[C@@]23CCOC3)ccc1C#N. The van der Waals surface area contributed by atoms with Crippen LogP contribution in [0, 0.1) is 18.3 Å². The van der Waals surface area contributed by atoms with Crippen molar-refractivity contribution in [1.82, 2.24) is 4.31 Å². The van der Waals surface area contributed by atoms with Crippen molar-refractivity contribution in [2.45, 2.75) is 23.8 Å².